The highest BCUT2D eigenvalue weighted by Crippen LogP contribution is 2.53. The molecule has 0 bridgehead atoms. The van der Waals surface area contributed by atoms with Crippen LogP contribution in [-0.4, -0.2) is 11.6 Å². The smallest absolute Gasteiger partial charge is 0.127 e. The molecule has 0 saturated carbocycles. The van der Waals surface area contributed by atoms with Gasteiger partial charge < -0.3 is 4.74 Å². The van der Waals surface area contributed by atoms with Crippen molar-refractivity contribution in [1.29, 1.82) is 0 Å². The highest BCUT2D eigenvalue weighted by Gasteiger charge is 2.40. The lowest BCUT2D eigenvalue weighted by Crippen LogP contribution is -2.16. The maximum absolute atomic E-state index is 5.88. The Labute approximate surface area is 107 Å². The number of fused-ring (bicyclic) bond motifs is 5. The van der Waals surface area contributed by atoms with Crippen molar-refractivity contribution in [2.24, 2.45) is 0 Å². The van der Waals surface area contributed by atoms with Crippen LogP contribution in [0.15, 0.2) is 30.5 Å². The Morgan fingerprint density at radius 3 is 3.00 bits per heavy atom. The van der Waals surface area contributed by atoms with Gasteiger partial charge >= 0.3 is 0 Å². The number of benzene rings is 1. The largest absolute Gasteiger partial charge is 0.493 e. The van der Waals surface area contributed by atoms with E-state index in [-0.39, 0.29) is 5.41 Å². The molecule has 0 N–H and O–H groups in total. The fraction of sp³-hybridized carbons (Fsp3) is 0.312. The molecule has 1 aliphatic heterocycles. The second-order valence-electron chi connectivity index (χ2n) is 5.60. The van der Waals surface area contributed by atoms with Gasteiger partial charge in [0.15, 0.2) is 0 Å². The summed E-state index contributed by atoms with van der Waals surface area (Å²) in [6.07, 6.45) is 2.90. The van der Waals surface area contributed by atoms with Gasteiger partial charge in [0, 0.05) is 29.2 Å². The Balaban J connectivity index is 2.11. The van der Waals surface area contributed by atoms with Gasteiger partial charge in [-0.3, -0.25) is 4.98 Å². The zero-order valence-corrected chi connectivity index (χ0v) is 10.7. The van der Waals surface area contributed by atoms with Crippen LogP contribution in [-0.2, 0) is 11.8 Å². The van der Waals surface area contributed by atoms with Crippen molar-refractivity contribution in [2.75, 3.05) is 6.61 Å². The first-order chi connectivity index (χ1) is 8.69. The van der Waals surface area contributed by atoms with E-state index in [1.165, 1.54) is 22.3 Å². The molecule has 90 valence electrons. The fourth-order valence-corrected chi connectivity index (χ4v) is 3.33. The van der Waals surface area contributed by atoms with E-state index in [4.69, 9.17) is 4.74 Å². The lowest BCUT2D eigenvalue weighted by molar-refractivity contribution is 0.349. The number of aromatic nitrogens is 1. The molecule has 0 saturated heterocycles. The van der Waals surface area contributed by atoms with Crippen molar-refractivity contribution in [3.8, 4) is 17.0 Å². The average molecular weight is 237 g/mol. The topological polar surface area (TPSA) is 22.1 Å². The summed E-state index contributed by atoms with van der Waals surface area (Å²) in [4.78, 5) is 4.57. The number of pyridine rings is 1. The lowest BCUT2D eigenvalue weighted by atomic mass is 9.81. The van der Waals surface area contributed by atoms with Gasteiger partial charge in [0.2, 0.25) is 0 Å². The molecule has 0 spiro atoms. The molecule has 2 aromatic rings. The molecule has 2 heteroatoms. The van der Waals surface area contributed by atoms with Gasteiger partial charge in [-0.1, -0.05) is 32.0 Å². The van der Waals surface area contributed by atoms with Gasteiger partial charge in [-0.25, -0.2) is 0 Å². The minimum Gasteiger partial charge on any atom is -0.493 e. The van der Waals surface area contributed by atoms with Gasteiger partial charge in [-0.2, -0.15) is 0 Å². The number of hydrogen-bond donors (Lipinski definition) is 0. The van der Waals surface area contributed by atoms with Crippen LogP contribution in [0, 0.1) is 0 Å². The van der Waals surface area contributed by atoms with Crippen LogP contribution in [0.3, 0.4) is 0 Å². The summed E-state index contributed by atoms with van der Waals surface area (Å²) in [7, 11) is 0. The third-order valence-corrected chi connectivity index (χ3v) is 4.22. The summed E-state index contributed by atoms with van der Waals surface area (Å²) in [5, 5.41) is 0. The first-order valence-corrected chi connectivity index (χ1v) is 6.44. The second-order valence-corrected chi connectivity index (χ2v) is 5.60. The summed E-state index contributed by atoms with van der Waals surface area (Å²) in [5.41, 5.74) is 6.34. The molecule has 0 amide bonds. The standard InChI is InChI=1S/C16H15NO/c1-16(2)12-4-3-8-17-14(12)11-6-5-10-7-9-18-15(10)13(11)16/h3-6,8H,7,9H2,1-2H3. The number of hydrogen-bond acceptors (Lipinski definition) is 2. The fourth-order valence-electron chi connectivity index (χ4n) is 3.33. The highest BCUT2D eigenvalue weighted by molar-refractivity contribution is 5.81. The molecule has 2 aliphatic rings. The molecule has 1 aliphatic carbocycles. The number of nitrogens with zero attached hydrogens (tertiary/aromatic N) is 1. The minimum absolute atomic E-state index is 0.00535. The lowest BCUT2D eigenvalue weighted by Gasteiger charge is -2.22. The molecule has 2 heterocycles. The molecule has 1 aromatic heterocycles. The van der Waals surface area contributed by atoms with Gasteiger partial charge in [0.25, 0.3) is 0 Å². The van der Waals surface area contributed by atoms with E-state index in [2.05, 4.69) is 37.0 Å². The molecule has 0 radical (unpaired) electrons. The average Bonchev–Trinajstić information content (AvgIpc) is 2.92. The Hall–Kier alpha value is -1.83. The molecule has 0 fully saturated rings. The highest BCUT2D eigenvalue weighted by atomic mass is 16.5. The first-order valence-electron chi connectivity index (χ1n) is 6.44. The van der Waals surface area contributed by atoms with Crippen LogP contribution in [0.4, 0.5) is 0 Å². The zero-order valence-electron chi connectivity index (χ0n) is 10.7. The number of ether oxygens (including phenoxy) is 1. The third-order valence-electron chi connectivity index (χ3n) is 4.22. The maximum atomic E-state index is 5.88. The summed E-state index contributed by atoms with van der Waals surface area (Å²) < 4.78 is 5.88. The Morgan fingerprint density at radius 1 is 1.22 bits per heavy atom. The van der Waals surface area contributed by atoms with Crippen LogP contribution in [0.1, 0.15) is 30.5 Å². The quantitative estimate of drug-likeness (QED) is 0.701. The van der Waals surface area contributed by atoms with Crippen molar-refractivity contribution in [2.45, 2.75) is 25.7 Å². The molecule has 0 atom stereocenters. The minimum atomic E-state index is -0.00535. The van der Waals surface area contributed by atoms with E-state index in [0.717, 1.165) is 24.5 Å². The summed E-state index contributed by atoms with van der Waals surface area (Å²) in [6.45, 7) is 5.34. The number of rotatable bonds is 0. The van der Waals surface area contributed by atoms with Crippen LogP contribution in [0.25, 0.3) is 11.3 Å². The van der Waals surface area contributed by atoms with E-state index in [0.29, 0.717) is 0 Å². The summed E-state index contributed by atoms with van der Waals surface area (Å²) >= 11 is 0. The molecular formula is C16H15NO. The predicted molar refractivity (Wildman–Crippen MR) is 71.0 cm³/mol. The van der Waals surface area contributed by atoms with Gasteiger partial charge in [-0.05, 0) is 17.2 Å². The Morgan fingerprint density at radius 2 is 2.11 bits per heavy atom. The van der Waals surface area contributed by atoms with Crippen molar-refractivity contribution in [3.05, 3.63) is 47.2 Å². The van der Waals surface area contributed by atoms with Crippen molar-refractivity contribution in [1.82, 2.24) is 4.98 Å². The van der Waals surface area contributed by atoms with E-state index < -0.39 is 0 Å². The maximum Gasteiger partial charge on any atom is 0.127 e. The van der Waals surface area contributed by atoms with Crippen molar-refractivity contribution in [3.63, 3.8) is 0 Å². The van der Waals surface area contributed by atoms with Crippen LogP contribution in [0.2, 0.25) is 0 Å². The zero-order chi connectivity index (χ0) is 12.3. The molecule has 1 aromatic carbocycles. The van der Waals surface area contributed by atoms with Crippen LogP contribution < -0.4 is 4.74 Å². The van der Waals surface area contributed by atoms with Crippen molar-refractivity contribution >= 4 is 0 Å². The Bertz CT molecular complexity index is 658. The van der Waals surface area contributed by atoms with E-state index in [1.54, 1.807) is 0 Å². The molecule has 18 heavy (non-hydrogen) atoms. The second kappa shape index (κ2) is 3.14. The third kappa shape index (κ3) is 1.06. The molecule has 4 rings (SSSR count). The van der Waals surface area contributed by atoms with Crippen molar-refractivity contribution < 1.29 is 4.74 Å². The van der Waals surface area contributed by atoms with Crippen LogP contribution >= 0.6 is 0 Å². The summed E-state index contributed by atoms with van der Waals surface area (Å²) in [5.74, 6) is 1.11. The normalized spacial score (nSPS) is 17.9. The van der Waals surface area contributed by atoms with E-state index >= 15 is 0 Å². The summed E-state index contributed by atoms with van der Waals surface area (Å²) in [6, 6.07) is 8.61. The van der Waals surface area contributed by atoms with Gasteiger partial charge in [0.05, 0.1) is 12.3 Å². The van der Waals surface area contributed by atoms with Crippen LogP contribution in [0.5, 0.6) is 5.75 Å². The van der Waals surface area contributed by atoms with Gasteiger partial charge in [-0.15, -0.1) is 0 Å². The molecular weight excluding hydrogens is 222 g/mol. The SMILES string of the molecule is CC1(C)c2cccnc2-c2ccc3c(c21)OCC3. The monoisotopic (exact) mass is 237 g/mol. The van der Waals surface area contributed by atoms with Gasteiger partial charge in [0.1, 0.15) is 5.75 Å². The predicted octanol–water partition coefficient (Wildman–Crippen LogP) is 3.32. The van der Waals surface area contributed by atoms with E-state index in [9.17, 15) is 0 Å². The first kappa shape index (κ1) is 10.1. The van der Waals surface area contributed by atoms with E-state index in [1.807, 2.05) is 12.3 Å². The Kier molecular flexibility index (Phi) is 1.76. The molecule has 2 nitrogen and oxygen atoms in total. The molecule has 0 unspecified atom stereocenters.